The molecule has 2 heterocycles. The van der Waals surface area contributed by atoms with Crippen LogP contribution in [0.15, 0.2) is 47.3 Å². The van der Waals surface area contributed by atoms with Crippen LogP contribution in [0.25, 0.3) is 10.9 Å². The van der Waals surface area contributed by atoms with Crippen LogP contribution in [-0.4, -0.2) is 49.8 Å². The lowest BCUT2D eigenvalue weighted by atomic mass is 9.99. The van der Waals surface area contributed by atoms with Crippen molar-refractivity contribution in [3.63, 3.8) is 0 Å². The number of ether oxygens (including phenoxy) is 2. The summed E-state index contributed by atoms with van der Waals surface area (Å²) in [6.07, 6.45) is 0. The lowest BCUT2D eigenvalue weighted by molar-refractivity contribution is -0.144. The smallest absolute Gasteiger partial charge is 0.327 e. The Balaban J connectivity index is 1.81. The molecule has 39 heavy (non-hydrogen) atoms. The number of rotatable bonds is 11. The first-order valence-electron chi connectivity index (χ1n) is 13.1. The summed E-state index contributed by atoms with van der Waals surface area (Å²) in [6, 6.07) is 13.5. The zero-order valence-electron chi connectivity index (χ0n) is 23.4. The Bertz CT molecular complexity index is 1510. The topological polar surface area (TPSA) is 115 Å². The van der Waals surface area contributed by atoms with E-state index in [1.165, 1.54) is 4.68 Å². The SMILES string of the molecule is CCOC(=O)Cn1nnnc1C(C(C)C)N(Cc1ccccc1OC)Cc1cc2c(C)cc(C)cc2[nH]c1=O. The van der Waals surface area contributed by atoms with Gasteiger partial charge in [0.2, 0.25) is 0 Å². The van der Waals surface area contributed by atoms with Gasteiger partial charge >= 0.3 is 5.97 Å². The Morgan fingerprint density at radius 3 is 2.56 bits per heavy atom. The second-order valence-corrected chi connectivity index (χ2v) is 10.1. The number of para-hydroxylation sites is 1. The van der Waals surface area contributed by atoms with Crippen molar-refractivity contribution in [2.75, 3.05) is 13.7 Å². The summed E-state index contributed by atoms with van der Waals surface area (Å²) in [4.78, 5) is 30.9. The number of H-pyrrole nitrogens is 1. The number of methoxy groups -OCH3 is 1. The maximum atomic E-state index is 13.3. The highest BCUT2D eigenvalue weighted by molar-refractivity contribution is 5.83. The molecule has 1 unspecified atom stereocenters. The molecular weight excluding hydrogens is 496 g/mol. The van der Waals surface area contributed by atoms with Crippen LogP contribution in [0.3, 0.4) is 0 Å². The van der Waals surface area contributed by atoms with Crippen molar-refractivity contribution in [3.05, 3.63) is 80.9 Å². The molecule has 0 aliphatic rings. The first-order chi connectivity index (χ1) is 18.7. The van der Waals surface area contributed by atoms with Crippen molar-refractivity contribution >= 4 is 16.9 Å². The van der Waals surface area contributed by atoms with Gasteiger partial charge in [0.1, 0.15) is 12.3 Å². The van der Waals surface area contributed by atoms with Gasteiger partial charge in [-0.15, -0.1) is 5.10 Å². The van der Waals surface area contributed by atoms with Gasteiger partial charge in [-0.3, -0.25) is 14.5 Å². The summed E-state index contributed by atoms with van der Waals surface area (Å²) in [5.41, 5.74) is 4.44. The highest BCUT2D eigenvalue weighted by Gasteiger charge is 2.31. The van der Waals surface area contributed by atoms with Gasteiger partial charge < -0.3 is 14.5 Å². The van der Waals surface area contributed by atoms with Gasteiger partial charge in [-0.25, -0.2) is 4.68 Å². The van der Waals surface area contributed by atoms with Crippen molar-refractivity contribution in [1.82, 2.24) is 30.1 Å². The van der Waals surface area contributed by atoms with Gasteiger partial charge in [0.25, 0.3) is 5.56 Å². The summed E-state index contributed by atoms with van der Waals surface area (Å²) in [6.45, 7) is 10.9. The second-order valence-electron chi connectivity index (χ2n) is 10.1. The minimum Gasteiger partial charge on any atom is -0.496 e. The Morgan fingerprint density at radius 1 is 1.10 bits per heavy atom. The van der Waals surface area contributed by atoms with Crippen LogP contribution in [0.4, 0.5) is 0 Å². The van der Waals surface area contributed by atoms with Crippen molar-refractivity contribution in [1.29, 1.82) is 0 Å². The molecule has 2 aromatic carbocycles. The molecule has 10 heteroatoms. The summed E-state index contributed by atoms with van der Waals surface area (Å²) in [7, 11) is 1.64. The number of aryl methyl sites for hydroxylation is 2. The number of tetrazole rings is 1. The summed E-state index contributed by atoms with van der Waals surface area (Å²) in [5, 5.41) is 13.3. The maximum Gasteiger partial charge on any atom is 0.327 e. The zero-order chi connectivity index (χ0) is 28.1. The number of aromatic nitrogens is 5. The van der Waals surface area contributed by atoms with Gasteiger partial charge in [0, 0.05) is 35.1 Å². The van der Waals surface area contributed by atoms with E-state index < -0.39 is 5.97 Å². The number of hydrogen-bond acceptors (Lipinski definition) is 8. The number of hydrogen-bond donors (Lipinski definition) is 1. The number of nitrogens with one attached hydrogen (secondary N) is 1. The standard InChI is InChI=1S/C29H36N6O4/c1-7-39-26(36)17-35-28(31-32-33-35)27(18(2)3)34(15-21-10-8-9-11-25(21)38-6)16-22-14-23-20(5)12-19(4)13-24(23)30-29(22)37/h8-14,18,27H,7,15-17H2,1-6H3,(H,30,37). The summed E-state index contributed by atoms with van der Waals surface area (Å²) in [5.74, 6) is 0.893. The van der Waals surface area contributed by atoms with E-state index in [1.807, 2.05) is 50.2 Å². The Labute approximate surface area is 227 Å². The van der Waals surface area contributed by atoms with Crippen molar-refractivity contribution in [2.45, 2.75) is 60.3 Å². The molecule has 0 saturated carbocycles. The van der Waals surface area contributed by atoms with Crippen molar-refractivity contribution in [3.8, 4) is 5.75 Å². The van der Waals surface area contributed by atoms with Crippen LogP contribution in [0.2, 0.25) is 0 Å². The lowest BCUT2D eigenvalue weighted by Gasteiger charge is -2.34. The highest BCUT2D eigenvalue weighted by Crippen LogP contribution is 2.32. The minimum atomic E-state index is -0.415. The quantitative estimate of drug-likeness (QED) is 0.287. The van der Waals surface area contributed by atoms with E-state index in [9.17, 15) is 9.59 Å². The lowest BCUT2D eigenvalue weighted by Crippen LogP contribution is -2.36. The Hall–Kier alpha value is -4.05. The van der Waals surface area contributed by atoms with Crippen LogP contribution in [0.5, 0.6) is 5.75 Å². The molecule has 0 saturated heterocycles. The fourth-order valence-corrected chi connectivity index (χ4v) is 5.11. The maximum absolute atomic E-state index is 13.3. The molecule has 2 aromatic heterocycles. The average Bonchev–Trinajstić information content (AvgIpc) is 3.32. The monoisotopic (exact) mass is 532 g/mol. The van der Waals surface area contributed by atoms with Gasteiger partial charge in [-0.1, -0.05) is 38.1 Å². The first kappa shape index (κ1) is 28.0. The summed E-state index contributed by atoms with van der Waals surface area (Å²) < 4.78 is 12.3. The minimum absolute atomic E-state index is 0.0376. The number of nitrogens with zero attached hydrogens (tertiary/aromatic N) is 5. The van der Waals surface area contributed by atoms with E-state index in [1.54, 1.807) is 14.0 Å². The number of pyridine rings is 1. The molecule has 0 aliphatic carbocycles. The van der Waals surface area contributed by atoms with E-state index >= 15 is 0 Å². The molecule has 0 fully saturated rings. The van der Waals surface area contributed by atoms with E-state index in [4.69, 9.17) is 9.47 Å². The molecule has 4 aromatic rings. The fourth-order valence-electron chi connectivity index (χ4n) is 5.11. The third kappa shape index (κ3) is 6.34. The average molecular weight is 533 g/mol. The molecular formula is C29H36N6O4. The molecule has 206 valence electrons. The van der Waals surface area contributed by atoms with Gasteiger partial charge in [-0.2, -0.15) is 0 Å². The molecule has 0 radical (unpaired) electrons. The van der Waals surface area contributed by atoms with E-state index in [2.05, 4.69) is 45.3 Å². The van der Waals surface area contributed by atoms with E-state index in [0.29, 0.717) is 24.5 Å². The van der Waals surface area contributed by atoms with Crippen LogP contribution in [0, 0.1) is 19.8 Å². The number of esters is 1. The van der Waals surface area contributed by atoms with Gasteiger partial charge in [0.05, 0.1) is 19.8 Å². The number of fused-ring (bicyclic) bond motifs is 1. The molecule has 10 nitrogen and oxygen atoms in total. The molecule has 1 N–H and O–H groups in total. The molecule has 0 bridgehead atoms. The zero-order valence-corrected chi connectivity index (χ0v) is 23.4. The molecule has 1 atom stereocenters. The van der Waals surface area contributed by atoms with Gasteiger partial charge in [-0.05, 0) is 66.4 Å². The third-order valence-electron chi connectivity index (χ3n) is 6.76. The Kier molecular flexibility index (Phi) is 8.75. The van der Waals surface area contributed by atoms with Crippen LogP contribution >= 0.6 is 0 Å². The third-order valence-corrected chi connectivity index (χ3v) is 6.76. The van der Waals surface area contributed by atoms with E-state index in [-0.39, 0.29) is 30.7 Å². The molecule has 0 spiro atoms. The van der Waals surface area contributed by atoms with Crippen molar-refractivity contribution in [2.24, 2.45) is 5.92 Å². The largest absolute Gasteiger partial charge is 0.496 e. The molecule has 0 aliphatic heterocycles. The van der Waals surface area contributed by atoms with Crippen LogP contribution in [-0.2, 0) is 29.2 Å². The molecule has 4 rings (SSSR count). The first-order valence-corrected chi connectivity index (χ1v) is 13.1. The van der Waals surface area contributed by atoms with Gasteiger partial charge in [0.15, 0.2) is 5.82 Å². The number of carbonyl (C=O) groups is 1. The van der Waals surface area contributed by atoms with Crippen LogP contribution < -0.4 is 10.3 Å². The normalized spacial score (nSPS) is 12.3. The number of aromatic amines is 1. The fraction of sp³-hybridized carbons (Fsp3) is 0.414. The van der Waals surface area contributed by atoms with Crippen molar-refractivity contribution < 1.29 is 14.3 Å². The highest BCUT2D eigenvalue weighted by atomic mass is 16.5. The second kappa shape index (κ2) is 12.2. The predicted octanol–water partition coefficient (Wildman–Crippen LogP) is 4.10. The Morgan fingerprint density at radius 2 is 1.85 bits per heavy atom. The number of benzene rings is 2. The molecule has 0 amide bonds. The predicted molar refractivity (Wildman–Crippen MR) is 148 cm³/mol. The van der Waals surface area contributed by atoms with Crippen LogP contribution in [0.1, 0.15) is 54.9 Å². The van der Waals surface area contributed by atoms with E-state index in [0.717, 1.165) is 33.3 Å². The number of carbonyl (C=O) groups excluding carboxylic acids is 1. The summed E-state index contributed by atoms with van der Waals surface area (Å²) >= 11 is 0.